The van der Waals surface area contributed by atoms with E-state index in [0.717, 1.165) is 43.1 Å². The molecule has 1 aliphatic heterocycles. The molecular weight excluding hydrogens is 688 g/mol. The molecule has 1 N–H and O–H groups in total. The third-order valence-corrected chi connectivity index (χ3v) is 6.94. The van der Waals surface area contributed by atoms with Crippen LogP contribution in [0.2, 0.25) is 0 Å². The van der Waals surface area contributed by atoms with Crippen LogP contribution in [-0.4, -0.2) is 28.1 Å². The van der Waals surface area contributed by atoms with Crippen molar-refractivity contribution in [1.29, 1.82) is 0 Å². The Kier molecular flexibility index (Phi) is 7.68. The van der Waals surface area contributed by atoms with Crippen LogP contribution in [0.3, 0.4) is 0 Å². The Morgan fingerprint density at radius 1 is 0.974 bits per heavy atom. The Labute approximate surface area is 238 Å². The van der Waals surface area contributed by atoms with E-state index in [0.29, 0.717) is 29.1 Å². The van der Waals surface area contributed by atoms with Crippen LogP contribution in [0.1, 0.15) is 43.2 Å². The smallest absolute Gasteiger partial charge is 0.217 e. The first-order chi connectivity index (χ1) is 18.3. The van der Waals surface area contributed by atoms with Gasteiger partial charge in [0.15, 0.2) is 0 Å². The summed E-state index contributed by atoms with van der Waals surface area (Å²) >= 11 is 0. The van der Waals surface area contributed by atoms with Crippen molar-refractivity contribution in [3.8, 4) is 28.5 Å². The molecule has 1 saturated carbocycles. The van der Waals surface area contributed by atoms with E-state index in [1.807, 2.05) is 13.0 Å². The Hall–Kier alpha value is -3.38. The number of aryl methyl sites for hydroxylation is 1. The number of hydrogen-bond acceptors (Lipinski definition) is 5. The minimum absolute atomic E-state index is 0. The molecule has 0 spiro atoms. The number of halogens is 3. The summed E-state index contributed by atoms with van der Waals surface area (Å²) in [6.45, 7) is 1.87. The summed E-state index contributed by atoms with van der Waals surface area (Å²) in [7, 11) is 0. The van der Waals surface area contributed by atoms with Gasteiger partial charge in [-0.3, -0.25) is 4.99 Å². The fraction of sp³-hybridized carbons (Fsp3) is 0.267. The topological polar surface area (TPSA) is 63.9 Å². The van der Waals surface area contributed by atoms with Crippen molar-refractivity contribution in [2.75, 3.05) is 0 Å². The van der Waals surface area contributed by atoms with Gasteiger partial charge in [-0.05, 0) is 49.9 Å². The number of aromatic hydroxyl groups is 1. The van der Waals surface area contributed by atoms with Gasteiger partial charge >= 0.3 is 0 Å². The number of rotatable bonds is 4. The Morgan fingerprint density at radius 3 is 2.54 bits per heavy atom. The molecule has 3 aromatic carbocycles. The molecule has 0 unspecified atom stereocenters. The van der Waals surface area contributed by atoms with Gasteiger partial charge in [0.25, 0.3) is 0 Å². The molecule has 39 heavy (non-hydrogen) atoms. The maximum Gasteiger partial charge on any atom is 0.217 e. The molecule has 9 heteroatoms. The number of nitrogens with zero attached hydrogens (tertiary/aromatic N) is 2. The molecule has 5 nitrogen and oxygen atoms in total. The van der Waals surface area contributed by atoms with Crippen molar-refractivity contribution in [3.63, 3.8) is 0 Å². The number of phenols is 1. The monoisotopic (exact) mass is 712 g/mol. The van der Waals surface area contributed by atoms with Gasteiger partial charge in [-0.1, -0.05) is 36.1 Å². The number of aromatic nitrogens is 1. The zero-order valence-electron chi connectivity index (χ0n) is 20.9. The molecule has 0 amide bonds. The molecule has 0 radical (unpaired) electrons. The maximum absolute atomic E-state index is 14.8. The number of aliphatic imine (C=N–C) groups is 1. The molecule has 2 heterocycles. The number of fused-ring (bicyclic) bond motifs is 2. The van der Waals surface area contributed by atoms with Gasteiger partial charge in [0.05, 0.1) is 6.04 Å². The van der Waals surface area contributed by atoms with Gasteiger partial charge in [-0.15, -0.1) is 6.07 Å². The summed E-state index contributed by atoms with van der Waals surface area (Å²) in [6, 6.07) is 14.1. The second kappa shape index (κ2) is 11.0. The van der Waals surface area contributed by atoms with E-state index in [9.17, 15) is 18.3 Å². The SMILES string of the molecule is Cc1cc(O)c2nc(Oc3[c-]c(C4=N[C@H]5CCCCC[C@@H]5O4)cc(-c4c(F)cc(F)cc4F)c3)ccc2c1.[Pt]. The minimum atomic E-state index is -1.05. The van der Waals surface area contributed by atoms with E-state index in [1.165, 1.54) is 12.1 Å². The molecule has 2 atom stereocenters. The van der Waals surface area contributed by atoms with Crippen molar-refractivity contribution < 1.29 is 48.8 Å². The van der Waals surface area contributed by atoms with E-state index in [1.54, 1.807) is 18.2 Å². The summed E-state index contributed by atoms with van der Waals surface area (Å²) in [5, 5.41) is 11.1. The molecule has 1 aromatic heterocycles. The Morgan fingerprint density at radius 2 is 1.74 bits per heavy atom. The third kappa shape index (κ3) is 5.53. The standard InChI is InChI=1S/C30H24F3N2O3.Pt/c1-16-9-17-7-8-27(35-29(17)25(36)10-16)37-21-12-18(28-22(32)14-20(31)15-23(28)33)11-19(13-21)30-34-24-5-3-2-4-6-26(24)38-30;/h7-12,14-15,24,26,36H,2-6H2,1H3;/q-1;/t24-,26-;/m0./s1. The van der Waals surface area contributed by atoms with Crippen LogP contribution in [0.4, 0.5) is 13.2 Å². The predicted octanol–water partition coefficient (Wildman–Crippen LogP) is 7.40. The van der Waals surface area contributed by atoms with Crippen molar-refractivity contribution >= 4 is 16.8 Å². The second-order valence-corrected chi connectivity index (χ2v) is 9.79. The number of hydrogen-bond donors (Lipinski definition) is 1. The Balaban J connectivity index is 0.00000308. The first kappa shape index (κ1) is 27.2. The van der Waals surface area contributed by atoms with Crippen LogP contribution in [0.25, 0.3) is 22.0 Å². The van der Waals surface area contributed by atoms with Gasteiger partial charge in [-0.25, -0.2) is 18.2 Å². The molecule has 0 saturated heterocycles. The quantitative estimate of drug-likeness (QED) is 0.224. The summed E-state index contributed by atoms with van der Waals surface area (Å²) in [6.07, 6.45) is 4.98. The average molecular weight is 713 g/mol. The number of benzene rings is 3. The first-order valence-electron chi connectivity index (χ1n) is 12.6. The fourth-order valence-corrected chi connectivity index (χ4v) is 5.19. The van der Waals surface area contributed by atoms with Crippen molar-refractivity contribution in [1.82, 2.24) is 4.98 Å². The number of pyridine rings is 1. The third-order valence-electron chi connectivity index (χ3n) is 6.94. The average Bonchev–Trinajstić information content (AvgIpc) is 3.14. The van der Waals surface area contributed by atoms with Gasteiger partial charge in [-0.2, -0.15) is 0 Å². The van der Waals surface area contributed by atoms with E-state index in [-0.39, 0.29) is 56.2 Å². The van der Waals surface area contributed by atoms with Crippen molar-refractivity contribution in [2.45, 2.75) is 51.2 Å². The van der Waals surface area contributed by atoms with Crippen molar-refractivity contribution in [2.24, 2.45) is 4.99 Å². The predicted molar refractivity (Wildman–Crippen MR) is 137 cm³/mol. The fourth-order valence-electron chi connectivity index (χ4n) is 5.19. The zero-order chi connectivity index (χ0) is 26.4. The van der Waals surface area contributed by atoms with Crippen LogP contribution in [0.5, 0.6) is 17.4 Å². The van der Waals surface area contributed by atoms with Crippen molar-refractivity contribution in [3.05, 3.63) is 83.2 Å². The molecular formula is C30H24F3N2O3Pt-. The van der Waals surface area contributed by atoms with E-state index in [2.05, 4.69) is 11.1 Å². The molecule has 204 valence electrons. The zero-order valence-corrected chi connectivity index (χ0v) is 23.2. The molecule has 0 bridgehead atoms. The maximum atomic E-state index is 14.8. The van der Waals surface area contributed by atoms with Gasteiger partial charge in [0.2, 0.25) is 5.88 Å². The summed E-state index contributed by atoms with van der Waals surface area (Å²) in [5.41, 5.74) is 1.31. The van der Waals surface area contributed by atoms with E-state index < -0.39 is 23.0 Å². The summed E-state index contributed by atoms with van der Waals surface area (Å²) < 4.78 is 55.3. The number of ether oxygens (including phenoxy) is 2. The summed E-state index contributed by atoms with van der Waals surface area (Å²) in [4.78, 5) is 9.16. The second-order valence-electron chi connectivity index (χ2n) is 9.79. The van der Waals surface area contributed by atoms with Gasteiger partial charge in [0, 0.05) is 56.0 Å². The van der Waals surface area contributed by atoms with Gasteiger partial charge in [0.1, 0.15) is 40.7 Å². The molecule has 1 aliphatic carbocycles. The molecule has 4 aromatic rings. The molecule has 1 fully saturated rings. The van der Waals surface area contributed by atoms with Crippen LogP contribution in [0, 0.1) is 30.4 Å². The van der Waals surface area contributed by atoms with Crippen LogP contribution >= 0.6 is 0 Å². The molecule has 6 rings (SSSR count). The largest absolute Gasteiger partial charge is 0.515 e. The molecule has 2 aliphatic rings. The number of phenolic OH excluding ortho intramolecular Hbond substituents is 1. The summed E-state index contributed by atoms with van der Waals surface area (Å²) in [5.74, 6) is -2.51. The van der Waals surface area contributed by atoms with Crippen LogP contribution in [0.15, 0.2) is 53.5 Å². The Bertz CT molecular complexity index is 1570. The van der Waals surface area contributed by atoms with E-state index >= 15 is 0 Å². The van der Waals surface area contributed by atoms with Crippen LogP contribution in [-0.2, 0) is 25.8 Å². The van der Waals surface area contributed by atoms with Gasteiger partial charge < -0.3 is 14.6 Å². The minimum Gasteiger partial charge on any atom is -0.515 e. The van der Waals surface area contributed by atoms with E-state index in [4.69, 9.17) is 14.5 Å². The van der Waals surface area contributed by atoms with Crippen LogP contribution < -0.4 is 4.74 Å². The normalized spacial score (nSPS) is 18.5. The first-order valence-corrected chi connectivity index (χ1v) is 12.6.